The molecule has 0 atom stereocenters. The summed E-state index contributed by atoms with van der Waals surface area (Å²) in [5.74, 6) is -0.0420. The van der Waals surface area contributed by atoms with Crippen LogP contribution < -0.4 is 5.73 Å². The molecule has 0 aromatic carbocycles. The SMILES string of the molecule is COC(=O)c1cnn(-c2cc(Cl)nc(SC)n2)c1N. The predicted molar refractivity (Wildman–Crippen MR) is 71.7 cm³/mol. The van der Waals surface area contributed by atoms with Crippen molar-refractivity contribution in [2.45, 2.75) is 5.16 Å². The average molecular weight is 300 g/mol. The number of anilines is 1. The van der Waals surface area contributed by atoms with Gasteiger partial charge in [-0.15, -0.1) is 0 Å². The first-order valence-corrected chi connectivity index (χ1v) is 6.68. The van der Waals surface area contributed by atoms with Crippen LogP contribution in [0, 0.1) is 0 Å². The van der Waals surface area contributed by atoms with Gasteiger partial charge in [0.2, 0.25) is 0 Å². The fourth-order valence-electron chi connectivity index (χ4n) is 1.39. The molecule has 7 nitrogen and oxygen atoms in total. The van der Waals surface area contributed by atoms with Crippen LogP contribution in [0.3, 0.4) is 0 Å². The Hall–Kier alpha value is -1.80. The molecule has 0 saturated carbocycles. The molecule has 0 spiro atoms. The summed E-state index contributed by atoms with van der Waals surface area (Å²) >= 11 is 7.22. The lowest BCUT2D eigenvalue weighted by Gasteiger charge is -2.05. The van der Waals surface area contributed by atoms with Crippen molar-refractivity contribution in [3.63, 3.8) is 0 Å². The van der Waals surface area contributed by atoms with Crippen molar-refractivity contribution >= 4 is 35.1 Å². The van der Waals surface area contributed by atoms with Crippen LogP contribution in [0.2, 0.25) is 5.15 Å². The second kappa shape index (κ2) is 5.45. The van der Waals surface area contributed by atoms with Crippen LogP contribution in [-0.4, -0.2) is 39.1 Å². The molecule has 2 aromatic heterocycles. The molecule has 0 fully saturated rings. The second-order valence-electron chi connectivity index (χ2n) is 3.38. The molecule has 100 valence electrons. The van der Waals surface area contributed by atoms with E-state index in [9.17, 15) is 4.79 Å². The fourth-order valence-corrected chi connectivity index (χ4v) is 2.00. The van der Waals surface area contributed by atoms with E-state index >= 15 is 0 Å². The van der Waals surface area contributed by atoms with Crippen LogP contribution in [-0.2, 0) is 4.74 Å². The van der Waals surface area contributed by atoms with Crippen molar-refractivity contribution in [1.29, 1.82) is 0 Å². The highest BCUT2D eigenvalue weighted by Crippen LogP contribution is 2.20. The zero-order valence-electron chi connectivity index (χ0n) is 10.1. The molecule has 19 heavy (non-hydrogen) atoms. The first-order chi connectivity index (χ1) is 9.06. The van der Waals surface area contributed by atoms with E-state index in [1.54, 1.807) is 0 Å². The van der Waals surface area contributed by atoms with Gasteiger partial charge >= 0.3 is 5.97 Å². The maximum atomic E-state index is 11.5. The highest BCUT2D eigenvalue weighted by molar-refractivity contribution is 7.98. The minimum Gasteiger partial charge on any atom is -0.465 e. The molecule has 9 heteroatoms. The average Bonchev–Trinajstić information content (AvgIpc) is 2.79. The second-order valence-corrected chi connectivity index (χ2v) is 4.54. The minimum absolute atomic E-state index is 0.133. The summed E-state index contributed by atoms with van der Waals surface area (Å²) in [6, 6.07) is 1.51. The highest BCUT2D eigenvalue weighted by atomic mass is 35.5. The third-order valence-corrected chi connectivity index (χ3v) is 3.01. The first-order valence-electron chi connectivity index (χ1n) is 5.07. The van der Waals surface area contributed by atoms with Gasteiger partial charge in [-0.25, -0.2) is 14.8 Å². The smallest absolute Gasteiger partial charge is 0.343 e. The van der Waals surface area contributed by atoms with Gasteiger partial charge in [-0.2, -0.15) is 9.78 Å². The van der Waals surface area contributed by atoms with Crippen LogP contribution in [0.4, 0.5) is 5.82 Å². The highest BCUT2D eigenvalue weighted by Gasteiger charge is 2.17. The molecule has 2 aromatic rings. The Bertz CT molecular complexity index is 630. The number of carbonyl (C=O) groups is 1. The summed E-state index contributed by atoms with van der Waals surface area (Å²) in [6.07, 6.45) is 3.14. The number of thioether (sulfide) groups is 1. The fraction of sp³-hybridized carbons (Fsp3) is 0.200. The van der Waals surface area contributed by atoms with Crippen LogP contribution >= 0.6 is 23.4 Å². The lowest BCUT2D eigenvalue weighted by Crippen LogP contribution is -2.09. The van der Waals surface area contributed by atoms with Crippen molar-refractivity contribution in [3.05, 3.63) is 23.0 Å². The van der Waals surface area contributed by atoms with Gasteiger partial charge in [-0.1, -0.05) is 23.4 Å². The summed E-state index contributed by atoms with van der Waals surface area (Å²) in [5.41, 5.74) is 6.01. The van der Waals surface area contributed by atoms with E-state index in [4.69, 9.17) is 17.3 Å². The van der Waals surface area contributed by atoms with Crippen LogP contribution in [0.5, 0.6) is 0 Å². The molecule has 2 N–H and O–H groups in total. The zero-order chi connectivity index (χ0) is 14.0. The van der Waals surface area contributed by atoms with Crippen LogP contribution in [0.15, 0.2) is 17.4 Å². The first kappa shape index (κ1) is 13.6. The van der Waals surface area contributed by atoms with E-state index in [1.807, 2.05) is 6.26 Å². The molecule has 0 aliphatic carbocycles. The zero-order valence-corrected chi connectivity index (χ0v) is 11.7. The summed E-state index contributed by atoms with van der Waals surface area (Å²) in [6.45, 7) is 0. The lowest BCUT2D eigenvalue weighted by molar-refractivity contribution is 0.0602. The molecule has 0 unspecified atom stereocenters. The number of hydrogen-bond acceptors (Lipinski definition) is 7. The van der Waals surface area contributed by atoms with Gasteiger partial charge in [0.25, 0.3) is 0 Å². The molecule has 0 radical (unpaired) electrons. The number of carbonyl (C=O) groups excluding carboxylic acids is 1. The molecular weight excluding hydrogens is 290 g/mol. The van der Waals surface area contributed by atoms with Gasteiger partial charge in [-0.05, 0) is 6.26 Å². The van der Waals surface area contributed by atoms with E-state index in [2.05, 4.69) is 19.8 Å². The standard InChI is InChI=1S/C10H10ClN5O2S/c1-18-9(17)5-4-13-16(8(5)12)7-3-6(11)14-10(15-7)19-2/h3-4H,12H2,1-2H3. The number of rotatable bonds is 3. The molecule has 0 bridgehead atoms. The Kier molecular flexibility index (Phi) is 3.91. The third kappa shape index (κ3) is 2.64. The van der Waals surface area contributed by atoms with E-state index in [0.717, 1.165) is 0 Å². The van der Waals surface area contributed by atoms with Crippen molar-refractivity contribution < 1.29 is 9.53 Å². The number of ether oxygens (including phenoxy) is 1. The molecule has 0 saturated heterocycles. The Morgan fingerprint density at radius 2 is 2.26 bits per heavy atom. The van der Waals surface area contributed by atoms with Crippen molar-refractivity contribution in [3.8, 4) is 5.82 Å². The number of nitrogens with zero attached hydrogens (tertiary/aromatic N) is 4. The van der Waals surface area contributed by atoms with E-state index in [0.29, 0.717) is 11.0 Å². The Morgan fingerprint density at radius 3 is 2.89 bits per heavy atom. The Labute approximate surface area is 118 Å². The summed E-state index contributed by atoms with van der Waals surface area (Å²) in [4.78, 5) is 19.7. The number of esters is 1. The Morgan fingerprint density at radius 1 is 1.53 bits per heavy atom. The molecule has 2 heterocycles. The van der Waals surface area contributed by atoms with Gasteiger partial charge in [0, 0.05) is 6.07 Å². The van der Waals surface area contributed by atoms with E-state index < -0.39 is 5.97 Å². The van der Waals surface area contributed by atoms with Gasteiger partial charge in [0.15, 0.2) is 11.0 Å². The third-order valence-electron chi connectivity index (χ3n) is 2.27. The topological polar surface area (TPSA) is 95.9 Å². The molecule has 0 aliphatic rings. The monoisotopic (exact) mass is 299 g/mol. The quantitative estimate of drug-likeness (QED) is 0.396. The number of hydrogen-bond donors (Lipinski definition) is 1. The predicted octanol–water partition coefficient (Wildman–Crippen LogP) is 1.41. The molecule has 0 aliphatic heterocycles. The van der Waals surface area contributed by atoms with Crippen LogP contribution in [0.1, 0.15) is 10.4 Å². The lowest BCUT2D eigenvalue weighted by atomic mass is 10.3. The minimum atomic E-state index is -0.561. The van der Waals surface area contributed by atoms with Crippen molar-refractivity contribution in [1.82, 2.24) is 19.7 Å². The maximum absolute atomic E-state index is 11.5. The summed E-state index contributed by atoms with van der Waals surface area (Å²) in [7, 11) is 1.27. The van der Waals surface area contributed by atoms with Crippen LogP contribution in [0.25, 0.3) is 5.82 Å². The number of methoxy groups -OCH3 is 1. The normalized spacial score (nSPS) is 10.5. The molecular formula is C10H10ClN5O2S. The number of halogens is 1. The Balaban J connectivity index is 2.51. The largest absolute Gasteiger partial charge is 0.465 e. The number of nitrogen functional groups attached to an aromatic ring is 1. The summed E-state index contributed by atoms with van der Waals surface area (Å²) in [5, 5.41) is 4.75. The number of aromatic nitrogens is 4. The van der Waals surface area contributed by atoms with Gasteiger partial charge < -0.3 is 10.5 Å². The van der Waals surface area contributed by atoms with Crippen molar-refractivity contribution in [2.24, 2.45) is 0 Å². The van der Waals surface area contributed by atoms with Gasteiger partial charge in [0.1, 0.15) is 16.5 Å². The molecule has 0 amide bonds. The van der Waals surface area contributed by atoms with E-state index in [-0.39, 0.29) is 16.5 Å². The van der Waals surface area contributed by atoms with Gasteiger partial charge in [-0.3, -0.25) is 0 Å². The summed E-state index contributed by atoms with van der Waals surface area (Å²) < 4.78 is 5.90. The maximum Gasteiger partial charge on any atom is 0.343 e. The van der Waals surface area contributed by atoms with Crippen molar-refractivity contribution in [2.75, 3.05) is 19.1 Å². The molecule has 2 rings (SSSR count). The number of nitrogens with two attached hydrogens (primary N) is 1. The van der Waals surface area contributed by atoms with Gasteiger partial charge in [0.05, 0.1) is 13.3 Å². The van der Waals surface area contributed by atoms with E-state index in [1.165, 1.54) is 35.8 Å².